The van der Waals surface area contributed by atoms with Crippen LogP contribution in [0.4, 0.5) is 0 Å². The second kappa shape index (κ2) is 11.0. The van der Waals surface area contributed by atoms with Crippen LogP contribution in [0.25, 0.3) is 0 Å². The zero-order valence-electron chi connectivity index (χ0n) is 15.0. The van der Waals surface area contributed by atoms with Crippen molar-refractivity contribution in [2.24, 2.45) is 0 Å². The van der Waals surface area contributed by atoms with E-state index in [-0.39, 0.29) is 49.9 Å². The normalized spacial score (nSPS) is 11.5. The number of phenolic OH excluding ortho intramolecular Hbond substituents is 2. The molecule has 1 aromatic rings. The molecule has 0 aliphatic carbocycles. The van der Waals surface area contributed by atoms with Gasteiger partial charge >= 0.3 is 11.9 Å². The van der Waals surface area contributed by atoms with Crippen LogP contribution in [0.3, 0.4) is 0 Å². The predicted octanol–water partition coefficient (Wildman–Crippen LogP) is 1.42. The summed E-state index contributed by atoms with van der Waals surface area (Å²) in [5.41, 5.74) is 0.662. The SMILES string of the molecule is CCOC(=O)CCC(NC(=O)CCc1ccc(O)c(O)c1)C(=O)OCC. The Morgan fingerprint density at radius 2 is 1.73 bits per heavy atom. The largest absolute Gasteiger partial charge is 0.504 e. The van der Waals surface area contributed by atoms with Gasteiger partial charge in [-0.2, -0.15) is 0 Å². The Bertz CT molecular complexity index is 630. The second-order valence-corrected chi connectivity index (χ2v) is 5.54. The summed E-state index contributed by atoms with van der Waals surface area (Å²) in [5.74, 6) is -1.94. The maximum atomic E-state index is 12.1. The standard InChI is InChI=1S/C18H25NO7/c1-3-25-17(23)10-7-13(18(24)26-4-2)19-16(22)9-6-12-5-8-14(20)15(21)11-12/h5,8,11,13,20-21H,3-4,6-7,9-10H2,1-2H3,(H,19,22). The van der Waals surface area contributed by atoms with Gasteiger partial charge < -0.3 is 25.0 Å². The molecule has 0 spiro atoms. The molecule has 3 N–H and O–H groups in total. The van der Waals surface area contributed by atoms with E-state index in [4.69, 9.17) is 9.47 Å². The van der Waals surface area contributed by atoms with Crippen LogP contribution in [-0.2, 0) is 30.3 Å². The Morgan fingerprint density at radius 1 is 1.04 bits per heavy atom. The zero-order chi connectivity index (χ0) is 19.5. The van der Waals surface area contributed by atoms with Crippen LogP contribution in [0.1, 0.15) is 38.7 Å². The summed E-state index contributed by atoms with van der Waals surface area (Å²) in [6.45, 7) is 3.75. The fourth-order valence-corrected chi connectivity index (χ4v) is 2.24. The number of carbonyl (C=O) groups excluding carboxylic acids is 3. The lowest BCUT2D eigenvalue weighted by molar-refractivity contribution is -0.148. The third-order valence-corrected chi connectivity index (χ3v) is 3.53. The maximum absolute atomic E-state index is 12.1. The van der Waals surface area contributed by atoms with Gasteiger partial charge in [0.1, 0.15) is 6.04 Å². The molecule has 1 atom stereocenters. The molecule has 0 saturated heterocycles. The minimum Gasteiger partial charge on any atom is -0.504 e. The number of benzene rings is 1. The topological polar surface area (TPSA) is 122 Å². The van der Waals surface area contributed by atoms with Crippen molar-refractivity contribution in [1.82, 2.24) is 5.32 Å². The van der Waals surface area contributed by atoms with Gasteiger partial charge in [-0.3, -0.25) is 9.59 Å². The smallest absolute Gasteiger partial charge is 0.328 e. The first-order chi connectivity index (χ1) is 12.4. The van der Waals surface area contributed by atoms with Gasteiger partial charge in [0.15, 0.2) is 11.5 Å². The van der Waals surface area contributed by atoms with Gasteiger partial charge in [-0.25, -0.2) is 4.79 Å². The number of rotatable bonds is 10. The summed E-state index contributed by atoms with van der Waals surface area (Å²) < 4.78 is 9.74. The molecule has 0 radical (unpaired) electrons. The molecule has 0 fully saturated rings. The summed E-state index contributed by atoms with van der Waals surface area (Å²) in [4.78, 5) is 35.5. The highest BCUT2D eigenvalue weighted by molar-refractivity contribution is 5.85. The minimum absolute atomic E-state index is 0.0105. The lowest BCUT2D eigenvalue weighted by Gasteiger charge is -2.17. The van der Waals surface area contributed by atoms with Crippen molar-refractivity contribution in [2.45, 2.75) is 45.6 Å². The molecule has 0 aliphatic heterocycles. The quantitative estimate of drug-likeness (QED) is 0.422. The van der Waals surface area contributed by atoms with Crippen LogP contribution in [0.2, 0.25) is 0 Å². The van der Waals surface area contributed by atoms with Crippen molar-refractivity contribution in [3.05, 3.63) is 23.8 Å². The molecule has 1 unspecified atom stereocenters. The monoisotopic (exact) mass is 367 g/mol. The third kappa shape index (κ3) is 7.42. The molecule has 0 bridgehead atoms. The Labute approximate surface area is 152 Å². The van der Waals surface area contributed by atoms with E-state index in [1.807, 2.05) is 0 Å². The lowest BCUT2D eigenvalue weighted by atomic mass is 10.1. The number of carbonyl (C=O) groups is 3. The van der Waals surface area contributed by atoms with Crippen LogP contribution in [0.5, 0.6) is 11.5 Å². The molecule has 1 aromatic carbocycles. The molecule has 26 heavy (non-hydrogen) atoms. The van der Waals surface area contributed by atoms with Crippen molar-refractivity contribution >= 4 is 17.8 Å². The van der Waals surface area contributed by atoms with E-state index in [2.05, 4.69) is 5.32 Å². The first kappa shape index (κ1) is 21.3. The molecule has 144 valence electrons. The molecule has 8 nitrogen and oxygen atoms in total. The van der Waals surface area contributed by atoms with E-state index in [0.717, 1.165) is 0 Å². The van der Waals surface area contributed by atoms with Crippen molar-refractivity contribution in [1.29, 1.82) is 0 Å². The molecule has 0 aliphatic rings. The fraction of sp³-hybridized carbons (Fsp3) is 0.500. The highest BCUT2D eigenvalue weighted by atomic mass is 16.5. The molecule has 0 saturated carbocycles. The van der Waals surface area contributed by atoms with Gasteiger partial charge in [0.2, 0.25) is 5.91 Å². The number of aryl methyl sites for hydroxylation is 1. The van der Waals surface area contributed by atoms with E-state index in [9.17, 15) is 24.6 Å². The van der Waals surface area contributed by atoms with E-state index >= 15 is 0 Å². The summed E-state index contributed by atoms with van der Waals surface area (Å²) >= 11 is 0. The number of hydrogen-bond acceptors (Lipinski definition) is 7. The summed E-state index contributed by atoms with van der Waals surface area (Å²) in [5, 5.41) is 21.3. The number of aromatic hydroxyl groups is 2. The molecule has 1 amide bonds. The third-order valence-electron chi connectivity index (χ3n) is 3.53. The number of esters is 2. The van der Waals surface area contributed by atoms with Crippen LogP contribution < -0.4 is 5.32 Å². The van der Waals surface area contributed by atoms with Gasteiger partial charge in [-0.05, 0) is 44.4 Å². The Kier molecular flexibility index (Phi) is 8.97. The molecule has 1 rings (SSSR count). The van der Waals surface area contributed by atoms with E-state index < -0.39 is 18.0 Å². The van der Waals surface area contributed by atoms with Crippen molar-refractivity contribution in [2.75, 3.05) is 13.2 Å². The average molecular weight is 367 g/mol. The molecular formula is C18H25NO7. The first-order valence-electron chi connectivity index (χ1n) is 8.49. The number of phenols is 2. The number of amides is 1. The van der Waals surface area contributed by atoms with Gasteiger partial charge in [-0.1, -0.05) is 6.07 Å². The summed E-state index contributed by atoms with van der Waals surface area (Å²) in [6.07, 6.45) is 0.458. The van der Waals surface area contributed by atoms with Gasteiger partial charge in [0.25, 0.3) is 0 Å². The first-order valence-corrected chi connectivity index (χ1v) is 8.49. The van der Waals surface area contributed by atoms with Crippen LogP contribution in [0, 0.1) is 0 Å². The Morgan fingerprint density at radius 3 is 2.35 bits per heavy atom. The highest BCUT2D eigenvalue weighted by Gasteiger charge is 2.23. The van der Waals surface area contributed by atoms with Crippen molar-refractivity contribution in [3.8, 4) is 11.5 Å². The van der Waals surface area contributed by atoms with Crippen molar-refractivity contribution < 1.29 is 34.1 Å². The van der Waals surface area contributed by atoms with E-state index in [1.165, 1.54) is 12.1 Å². The average Bonchev–Trinajstić information content (AvgIpc) is 2.60. The van der Waals surface area contributed by atoms with Gasteiger partial charge in [-0.15, -0.1) is 0 Å². The number of hydrogen-bond donors (Lipinski definition) is 3. The number of nitrogens with one attached hydrogen (secondary N) is 1. The lowest BCUT2D eigenvalue weighted by Crippen LogP contribution is -2.42. The molecule has 0 heterocycles. The van der Waals surface area contributed by atoms with Crippen LogP contribution >= 0.6 is 0 Å². The minimum atomic E-state index is -0.930. The summed E-state index contributed by atoms with van der Waals surface area (Å²) in [6, 6.07) is 3.36. The molecular weight excluding hydrogens is 342 g/mol. The maximum Gasteiger partial charge on any atom is 0.328 e. The fourth-order valence-electron chi connectivity index (χ4n) is 2.24. The second-order valence-electron chi connectivity index (χ2n) is 5.54. The van der Waals surface area contributed by atoms with Crippen LogP contribution in [-0.4, -0.2) is 47.3 Å². The highest BCUT2D eigenvalue weighted by Crippen LogP contribution is 2.25. The molecule has 8 heteroatoms. The van der Waals surface area contributed by atoms with Gasteiger partial charge in [0, 0.05) is 12.8 Å². The Hall–Kier alpha value is -2.77. The van der Waals surface area contributed by atoms with Crippen molar-refractivity contribution in [3.63, 3.8) is 0 Å². The van der Waals surface area contributed by atoms with E-state index in [1.54, 1.807) is 19.9 Å². The van der Waals surface area contributed by atoms with Gasteiger partial charge in [0.05, 0.1) is 13.2 Å². The van der Waals surface area contributed by atoms with E-state index in [0.29, 0.717) is 12.0 Å². The zero-order valence-corrected chi connectivity index (χ0v) is 15.0. The Balaban J connectivity index is 2.58. The molecule has 0 aromatic heterocycles. The summed E-state index contributed by atoms with van der Waals surface area (Å²) in [7, 11) is 0. The predicted molar refractivity (Wildman–Crippen MR) is 92.5 cm³/mol. The number of ether oxygens (including phenoxy) is 2. The van der Waals surface area contributed by atoms with Crippen LogP contribution in [0.15, 0.2) is 18.2 Å².